The van der Waals surface area contributed by atoms with E-state index in [9.17, 15) is 4.39 Å². The summed E-state index contributed by atoms with van der Waals surface area (Å²) in [6.07, 6.45) is 4.47. The third-order valence-corrected chi connectivity index (χ3v) is 2.76. The zero-order valence-corrected chi connectivity index (χ0v) is 10.3. The molecule has 0 spiro atoms. The molecular formula is C14H22FN. The molecule has 0 saturated heterocycles. The quantitative estimate of drug-likeness (QED) is 0.697. The van der Waals surface area contributed by atoms with Crippen LogP contribution in [0.25, 0.3) is 0 Å². The normalized spacial score (nSPS) is 12.7. The molecule has 0 aliphatic rings. The van der Waals surface area contributed by atoms with Crippen LogP contribution in [0, 0.1) is 5.82 Å². The van der Waals surface area contributed by atoms with E-state index in [2.05, 4.69) is 19.2 Å². The van der Waals surface area contributed by atoms with Gasteiger partial charge < -0.3 is 5.32 Å². The Kier molecular flexibility index (Phi) is 6.09. The molecule has 0 saturated carbocycles. The fraction of sp³-hybridized carbons (Fsp3) is 0.571. The summed E-state index contributed by atoms with van der Waals surface area (Å²) in [5, 5.41) is 3.43. The topological polar surface area (TPSA) is 12.0 Å². The van der Waals surface area contributed by atoms with Crippen LogP contribution in [0.5, 0.6) is 0 Å². The maximum Gasteiger partial charge on any atom is 0.126 e. The molecule has 2 heteroatoms. The molecule has 1 atom stereocenters. The van der Waals surface area contributed by atoms with Crippen molar-refractivity contribution in [3.05, 3.63) is 35.6 Å². The minimum atomic E-state index is -0.0929. The first-order valence-electron chi connectivity index (χ1n) is 6.20. The van der Waals surface area contributed by atoms with Crippen molar-refractivity contribution in [2.24, 2.45) is 0 Å². The van der Waals surface area contributed by atoms with Gasteiger partial charge in [0.25, 0.3) is 0 Å². The minimum Gasteiger partial charge on any atom is -0.314 e. The van der Waals surface area contributed by atoms with E-state index in [0.717, 1.165) is 18.5 Å². The molecule has 0 aliphatic heterocycles. The van der Waals surface area contributed by atoms with Crippen LogP contribution >= 0.6 is 0 Å². The monoisotopic (exact) mass is 223 g/mol. The van der Waals surface area contributed by atoms with Gasteiger partial charge in [0.15, 0.2) is 0 Å². The summed E-state index contributed by atoms with van der Waals surface area (Å²) >= 11 is 0. The van der Waals surface area contributed by atoms with Crippen molar-refractivity contribution < 1.29 is 4.39 Å². The van der Waals surface area contributed by atoms with Gasteiger partial charge in [0, 0.05) is 6.04 Å². The minimum absolute atomic E-state index is 0.0929. The van der Waals surface area contributed by atoms with Crippen LogP contribution in [-0.2, 0) is 6.42 Å². The molecule has 1 rings (SSSR count). The number of hydrogen-bond donors (Lipinski definition) is 1. The van der Waals surface area contributed by atoms with E-state index < -0.39 is 0 Å². The first kappa shape index (κ1) is 13.2. The maximum absolute atomic E-state index is 13.4. The molecule has 1 aromatic rings. The summed E-state index contributed by atoms with van der Waals surface area (Å²) in [6.45, 7) is 5.34. The van der Waals surface area contributed by atoms with E-state index >= 15 is 0 Å². The second kappa shape index (κ2) is 7.39. The van der Waals surface area contributed by atoms with Gasteiger partial charge in [0.1, 0.15) is 5.82 Å². The summed E-state index contributed by atoms with van der Waals surface area (Å²) in [6, 6.07) is 7.35. The average Bonchev–Trinajstić information content (AvgIpc) is 2.28. The van der Waals surface area contributed by atoms with E-state index in [1.165, 1.54) is 25.3 Å². The van der Waals surface area contributed by atoms with Gasteiger partial charge in [0.05, 0.1) is 0 Å². The second-order valence-corrected chi connectivity index (χ2v) is 4.36. The van der Waals surface area contributed by atoms with Crippen molar-refractivity contribution >= 4 is 0 Å². The van der Waals surface area contributed by atoms with E-state index in [4.69, 9.17) is 0 Å². The molecule has 0 amide bonds. The van der Waals surface area contributed by atoms with Crippen molar-refractivity contribution in [2.75, 3.05) is 6.54 Å². The Balaban J connectivity index is 2.28. The van der Waals surface area contributed by atoms with E-state index in [1.54, 1.807) is 6.07 Å². The molecule has 0 radical (unpaired) electrons. The van der Waals surface area contributed by atoms with Gasteiger partial charge in [-0.3, -0.25) is 0 Å². The van der Waals surface area contributed by atoms with Gasteiger partial charge in [-0.05, 0) is 37.9 Å². The molecule has 90 valence electrons. The Bertz CT molecular complexity index is 299. The van der Waals surface area contributed by atoms with Crippen LogP contribution in [0.4, 0.5) is 4.39 Å². The van der Waals surface area contributed by atoms with Gasteiger partial charge in [-0.1, -0.05) is 38.0 Å². The molecule has 0 fully saturated rings. The highest BCUT2D eigenvalue weighted by Gasteiger charge is 2.06. The number of hydrogen-bond acceptors (Lipinski definition) is 1. The lowest BCUT2D eigenvalue weighted by Gasteiger charge is -2.14. The molecule has 0 aromatic heterocycles. The summed E-state index contributed by atoms with van der Waals surface area (Å²) < 4.78 is 13.4. The molecule has 1 N–H and O–H groups in total. The Morgan fingerprint density at radius 1 is 1.25 bits per heavy atom. The van der Waals surface area contributed by atoms with Crippen LogP contribution in [0.1, 0.15) is 38.7 Å². The van der Waals surface area contributed by atoms with Gasteiger partial charge in [-0.2, -0.15) is 0 Å². The fourth-order valence-electron chi connectivity index (χ4n) is 1.79. The Labute approximate surface area is 98.1 Å². The number of benzene rings is 1. The Morgan fingerprint density at radius 2 is 2.00 bits per heavy atom. The summed E-state index contributed by atoms with van der Waals surface area (Å²) in [7, 11) is 0. The van der Waals surface area contributed by atoms with Crippen LogP contribution < -0.4 is 5.32 Å². The number of nitrogens with one attached hydrogen (secondary N) is 1. The van der Waals surface area contributed by atoms with Crippen molar-refractivity contribution in [1.29, 1.82) is 0 Å². The van der Waals surface area contributed by atoms with Crippen LogP contribution in [-0.4, -0.2) is 12.6 Å². The zero-order chi connectivity index (χ0) is 11.8. The first-order chi connectivity index (χ1) is 7.74. The van der Waals surface area contributed by atoms with Crippen molar-refractivity contribution in [3.63, 3.8) is 0 Å². The van der Waals surface area contributed by atoms with E-state index in [0.29, 0.717) is 6.04 Å². The van der Waals surface area contributed by atoms with Crippen LogP contribution in [0.2, 0.25) is 0 Å². The number of unbranched alkanes of at least 4 members (excludes halogenated alkanes) is 2. The van der Waals surface area contributed by atoms with Gasteiger partial charge in [0.2, 0.25) is 0 Å². The largest absolute Gasteiger partial charge is 0.314 e. The van der Waals surface area contributed by atoms with Gasteiger partial charge in [-0.25, -0.2) is 4.39 Å². The maximum atomic E-state index is 13.4. The molecule has 1 nitrogen and oxygen atoms in total. The molecule has 0 heterocycles. The van der Waals surface area contributed by atoms with Crippen molar-refractivity contribution in [3.8, 4) is 0 Å². The van der Waals surface area contributed by atoms with Crippen LogP contribution in [0.3, 0.4) is 0 Å². The predicted octanol–water partition coefficient (Wildman–Crippen LogP) is 3.54. The molecule has 1 aromatic carbocycles. The SMILES string of the molecule is CCCCCNC(C)Cc1ccccc1F. The number of rotatable bonds is 7. The highest BCUT2D eigenvalue weighted by Crippen LogP contribution is 2.08. The van der Waals surface area contributed by atoms with Crippen molar-refractivity contribution in [2.45, 2.75) is 45.6 Å². The highest BCUT2D eigenvalue weighted by atomic mass is 19.1. The lowest BCUT2D eigenvalue weighted by Crippen LogP contribution is -2.29. The molecule has 0 bridgehead atoms. The Hall–Kier alpha value is -0.890. The summed E-state index contributed by atoms with van der Waals surface area (Å²) in [5.41, 5.74) is 0.804. The first-order valence-corrected chi connectivity index (χ1v) is 6.20. The zero-order valence-electron chi connectivity index (χ0n) is 10.3. The fourth-order valence-corrected chi connectivity index (χ4v) is 1.79. The Morgan fingerprint density at radius 3 is 2.69 bits per heavy atom. The van der Waals surface area contributed by atoms with Gasteiger partial charge in [-0.15, -0.1) is 0 Å². The average molecular weight is 223 g/mol. The lowest BCUT2D eigenvalue weighted by atomic mass is 10.1. The highest BCUT2D eigenvalue weighted by molar-refractivity contribution is 5.18. The van der Waals surface area contributed by atoms with Crippen LogP contribution in [0.15, 0.2) is 24.3 Å². The van der Waals surface area contributed by atoms with Crippen molar-refractivity contribution in [1.82, 2.24) is 5.32 Å². The summed E-state index contributed by atoms with van der Waals surface area (Å²) in [4.78, 5) is 0. The second-order valence-electron chi connectivity index (χ2n) is 4.36. The third-order valence-electron chi connectivity index (χ3n) is 2.76. The molecular weight excluding hydrogens is 201 g/mol. The summed E-state index contributed by atoms with van der Waals surface area (Å²) in [5.74, 6) is -0.0929. The predicted molar refractivity (Wildman–Crippen MR) is 67.1 cm³/mol. The third kappa shape index (κ3) is 4.75. The lowest BCUT2D eigenvalue weighted by molar-refractivity contribution is 0.510. The standard InChI is InChI=1S/C14H22FN/c1-3-4-7-10-16-12(2)11-13-8-5-6-9-14(13)15/h5-6,8-9,12,16H,3-4,7,10-11H2,1-2H3. The van der Waals surface area contributed by atoms with E-state index in [1.807, 2.05) is 12.1 Å². The smallest absolute Gasteiger partial charge is 0.126 e. The molecule has 0 aliphatic carbocycles. The van der Waals surface area contributed by atoms with E-state index in [-0.39, 0.29) is 5.82 Å². The molecule has 16 heavy (non-hydrogen) atoms. The van der Waals surface area contributed by atoms with Gasteiger partial charge >= 0.3 is 0 Å². The number of halogens is 1. The molecule has 1 unspecified atom stereocenters.